The van der Waals surface area contributed by atoms with E-state index in [4.69, 9.17) is 10.6 Å². The van der Waals surface area contributed by atoms with Gasteiger partial charge in [0.05, 0.1) is 0 Å². The highest BCUT2D eigenvalue weighted by atomic mass is 16.5. The van der Waals surface area contributed by atoms with Gasteiger partial charge in [0, 0.05) is 32.3 Å². The van der Waals surface area contributed by atoms with Crippen LogP contribution in [0.1, 0.15) is 40.5 Å². The van der Waals surface area contributed by atoms with Gasteiger partial charge in [0.15, 0.2) is 0 Å². The summed E-state index contributed by atoms with van der Waals surface area (Å²) in [4.78, 5) is 6.66. The van der Waals surface area contributed by atoms with Gasteiger partial charge in [0.25, 0.3) is 0 Å². The topological polar surface area (TPSA) is 62.9 Å². The van der Waals surface area contributed by atoms with Crippen LogP contribution < -0.4 is 11.3 Å². The van der Waals surface area contributed by atoms with Crippen molar-refractivity contribution in [2.45, 2.75) is 46.6 Å². The molecule has 0 aromatic carbocycles. The fourth-order valence-electron chi connectivity index (χ4n) is 1.56. The number of nitrogens with one attached hydrogen (secondary N) is 1. The first kappa shape index (κ1) is 16.2. The summed E-state index contributed by atoms with van der Waals surface area (Å²) in [5, 5.41) is 0. The summed E-state index contributed by atoms with van der Waals surface area (Å²) < 4.78 is 5.27. The molecule has 0 bridgehead atoms. The van der Waals surface area contributed by atoms with Crippen molar-refractivity contribution in [3.63, 3.8) is 0 Å². The summed E-state index contributed by atoms with van der Waals surface area (Å²) in [6.07, 6.45) is 2.01. The Balaban J connectivity index is 4.19. The van der Waals surface area contributed by atoms with E-state index in [1.165, 1.54) is 0 Å². The minimum atomic E-state index is 0.400. The summed E-state index contributed by atoms with van der Waals surface area (Å²) in [5.41, 5.74) is 2.69. The average Bonchev–Trinajstić information content (AvgIpc) is 2.31. The molecule has 0 aromatic heterocycles. The molecule has 17 heavy (non-hydrogen) atoms. The van der Waals surface area contributed by atoms with E-state index in [2.05, 4.69) is 36.1 Å². The highest BCUT2D eigenvalue weighted by Crippen LogP contribution is 2.00. The molecule has 0 amide bonds. The molecule has 0 heterocycles. The number of hydrazine groups is 1. The standard InChI is InChI=1S/C12H28N4O/c1-5-9-16(11(3)4)12(15-13)14-8-7-10-17-6-2/h11H,5-10,13H2,1-4H3,(H,14,15). The van der Waals surface area contributed by atoms with Crippen LogP contribution in [0.4, 0.5) is 0 Å². The highest BCUT2D eigenvalue weighted by molar-refractivity contribution is 5.79. The second-order valence-electron chi connectivity index (χ2n) is 4.19. The van der Waals surface area contributed by atoms with Crippen LogP contribution in [0.5, 0.6) is 0 Å². The van der Waals surface area contributed by atoms with Crippen molar-refractivity contribution in [3.8, 4) is 0 Å². The van der Waals surface area contributed by atoms with Crippen LogP contribution >= 0.6 is 0 Å². The van der Waals surface area contributed by atoms with E-state index in [-0.39, 0.29) is 0 Å². The molecule has 0 unspecified atom stereocenters. The van der Waals surface area contributed by atoms with E-state index in [0.29, 0.717) is 6.04 Å². The smallest absolute Gasteiger partial charge is 0.208 e. The SMILES string of the molecule is CCCN(C(=NCCCOCC)NN)C(C)C. The van der Waals surface area contributed by atoms with Gasteiger partial charge in [-0.15, -0.1) is 0 Å². The molecule has 5 heteroatoms. The summed E-state index contributed by atoms with van der Waals surface area (Å²) in [6, 6.07) is 0.400. The Hall–Kier alpha value is -0.810. The van der Waals surface area contributed by atoms with E-state index in [1.807, 2.05) is 6.92 Å². The second kappa shape index (κ2) is 10.4. The molecule has 0 saturated carbocycles. The highest BCUT2D eigenvalue weighted by Gasteiger charge is 2.12. The molecule has 0 aliphatic heterocycles. The Kier molecular flexibility index (Phi) is 9.86. The third kappa shape index (κ3) is 7.18. The molecule has 0 aromatic rings. The zero-order valence-corrected chi connectivity index (χ0v) is 11.7. The maximum Gasteiger partial charge on any atom is 0.208 e. The molecule has 0 rings (SSSR count). The molecule has 102 valence electrons. The minimum absolute atomic E-state index is 0.400. The number of nitrogens with zero attached hydrogens (tertiary/aromatic N) is 2. The molecule has 3 N–H and O–H groups in total. The summed E-state index contributed by atoms with van der Waals surface area (Å²) in [5.74, 6) is 6.31. The lowest BCUT2D eigenvalue weighted by Gasteiger charge is -2.29. The molecule has 0 aliphatic rings. The monoisotopic (exact) mass is 244 g/mol. The van der Waals surface area contributed by atoms with Crippen LogP contribution in [0, 0.1) is 0 Å². The first-order valence-corrected chi connectivity index (χ1v) is 6.52. The van der Waals surface area contributed by atoms with Crippen molar-refractivity contribution >= 4 is 5.96 Å². The zero-order chi connectivity index (χ0) is 13.1. The van der Waals surface area contributed by atoms with Crippen LogP contribution in [-0.4, -0.2) is 43.2 Å². The average molecular weight is 244 g/mol. The van der Waals surface area contributed by atoms with Crippen molar-refractivity contribution in [2.75, 3.05) is 26.3 Å². The van der Waals surface area contributed by atoms with Gasteiger partial charge < -0.3 is 9.64 Å². The molecule has 0 spiro atoms. The molecule has 0 fully saturated rings. The van der Waals surface area contributed by atoms with E-state index in [0.717, 1.165) is 45.1 Å². The lowest BCUT2D eigenvalue weighted by Crippen LogP contribution is -2.48. The van der Waals surface area contributed by atoms with Crippen molar-refractivity contribution in [2.24, 2.45) is 10.8 Å². The molecular weight excluding hydrogens is 216 g/mol. The molecule has 0 saturated heterocycles. The van der Waals surface area contributed by atoms with Gasteiger partial charge >= 0.3 is 0 Å². The van der Waals surface area contributed by atoms with E-state index in [1.54, 1.807) is 0 Å². The first-order valence-electron chi connectivity index (χ1n) is 6.52. The quantitative estimate of drug-likeness (QED) is 0.222. The lowest BCUT2D eigenvalue weighted by atomic mass is 10.3. The third-order valence-corrected chi connectivity index (χ3v) is 2.40. The van der Waals surface area contributed by atoms with Crippen LogP contribution in [0.15, 0.2) is 4.99 Å². The van der Waals surface area contributed by atoms with Gasteiger partial charge in [-0.3, -0.25) is 10.4 Å². The number of aliphatic imine (C=N–C) groups is 1. The number of nitrogens with two attached hydrogens (primary N) is 1. The maximum atomic E-state index is 5.53. The van der Waals surface area contributed by atoms with E-state index < -0.39 is 0 Å². The minimum Gasteiger partial charge on any atom is -0.382 e. The van der Waals surface area contributed by atoms with Crippen molar-refractivity contribution in [1.82, 2.24) is 10.3 Å². The van der Waals surface area contributed by atoms with Crippen molar-refractivity contribution in [3.05, 3.63) is 0 Å². The van der Waals surface area contributed by atoms with Crippen molar-refractivity contribution < 1.29 is 4.74 Å². The molecular formula is C12H28N4O. The van der Waals surface area contributed by atoms with Gasteiger partial charge in [-0.25, -0.2) is 5.84 Å². The molecule has 0 radical (unpaired) electrons. The van der Waals surface area contributed by atoms with Gasteiger partial charge in [-0.05, 0) is 33.6 Å². The molecule has 0 aliphatic carbocycles. The maximum absolute atomic E-state index is 5.53. The second-order valence-corrected chi connectivity index (χ2v) is 4.19. The number of hydrogen-bond donors (Lipinski definition) is 2. The van der Waals surface area contributed by atoms with Crippen LogP contribution in [-0.2, 0) is 4.74 Å². The van der Waals surface area contributed by atoms with Gasteiger partial charge in [-0.2, -0.15) is 0 Å². The van der Waals surface area contributed by atoms with E-state index >= 15 is 0 Å². The number of ether oxygens (including phenoxy) is 1. The lowest BCUT2D eigenvalue weighted by molar-refractivity contribution is 0.146. The van der Waals surface area contributed by atoms with Crippen LogP contribution in [0.3, 0.4) is 0 Å². The molecule has 5 nitrogen and oxygen atoms in total. The fourth-order valence-corrected chi connectivity index (χ4v) is 1.56. The Morgan fingerprint density at radius 1 is 1.41 bits per heavy atom. The Labute approximate surface area is 105 Å². The fraction of sp³-hybridized carbons (Fsp3) is 0.917. The predicted octanol–water partition coefficient (Wildman–Crippen LogP) is 1.35. The first-order chi connectivity index (χ1) is 8.17. The summed E-state index contributed by atoms with van der Waals surface area (Å²) in [6.45, 7) is 11.7. The van der Waals surface area contributed by atoms with Gasteiger partial charge in [0.1, 0.15) is 0 Å². The summed E-state index contributed by atoms with van der Waals surface area (Å²) >= 11 is 0. The number of rotatable bonds is 8. The molecule has 0 atom stereocenters. The van der Waals surface area contributed by atoms with Gasteiger partial charge in [-0.1, -0.05) is 6.92 Å². The Bertz CT molecular complexity index is 207. The van der Waals surface area contributed by atoms with Gasteiger partial charge in [0.2, 0.25) is 5.96 Å². The largest absolute Gasteiger partial charge is 0.382 e. The van der Waals surface area contributed by atoms with Crippen LogP contribution in [0.2, 0.25) is 0 Å². The Morgan fingerprint density at radius 3 is 2.59 bits per heavy atom. The van der Waals surface area contributed by atoms with Crippen molar-refractivity contribution in [1.29, 1.82) is 0 Å². The number of guanidine groups is 1. The Morgan fingerprint density at radius 2 is 2.12 bits per heavy atom. The predicted molar refractivity (Wildman–Crippen MR) is 72.9 cm³/mol. The van der Waals surface area contributed by atoms with E-state index in [9.17, 15) is 0 Å². The number of hydrogen-bond acceptors (Lipinski definition) is 3. The normalized spacial score (nSPS) is 12.0. The third-order valence-electron chi connectivity index (χ3n) is 2.40. The zero-order valence-electron chi connectivity index (χ0n) is 11.7. The summed E-state index contributed by atoms with van der Waals surface area (Å²) in [7, 11) is 0. The van der Waals surface area contributed by atoms with Crippen LogP contribution in [0.25, 0.3) is 0 Å².